The van der Waals surface area contributed by atoms with Crippen molar-refractivity contribution in [2.24, 2.45) is 11.1 Å². The van der Waals surface area contributed by atoms with Crippen LogP contribution in [0.2, 0.25) is 0 Å². The van der Waals surface area contributed by atoms with Crippen LogP contribution in [0.1, 0.15) is 23.2 Å². The maximum absolute atomic E-state index is 11.6. The number of aliphatic carboxylic acids is 1. The molecule has 1 saturated heterocycles. The lowest BCUT2D eigenvalue weighted by atomic mass is 9.80. The zero-order valence-corrected chi connectivity index (χ0v) is 13.0. The molecule has 1 aromatic carbocycles. The molecule has 4 N–H and O–H groups in total. The standard InChI is InChI=1S/C14H17BrN2O4/c15-9-1-2-10(12(16)18)11(7-9)17-8-14(13(19)20)3-5-21-6-4-14/h1-2,7,17H,3-6,8H2,(H2,16,18)(H,19,20). The highest BCUT2D eigenvalue weighted by molar-refractivity contribution is 9.10. The summed E-state index contributed by atoms with van der Waals surface area (Å²) in [5.41, 5.74) is 5.33. The number of primary amides is 1. The number of amides is 1. The summed E-state index contributed by atoms with van der Waals surface area (Å²) < 4.78 is 6.02. The van der Waals surface area contributed by atoms with Gasteiger partial charge in [-0.25, -0.2) is 0 Å². The summed E-state index contributed by atoms with van der Waals surface area (Å²) in [5, 5.41) is 12.6. The van der Waals surface area contributed by atoms with E-state index < -0.39 is 17.3 Å². The van der Waals surface area contributed by atoms with Crippen LogP contribution in [0.15, 0.2) is 22.7 Å². The Kier molecular flexibility index (Phi) is 4.84. The van der Waals surface area contributed by atoms with Gasteiger partial charge in [0, 0.05) is 29.9 Å². The number of ether oxygens (including phenoxy) is 1. The third-order valence-electron chi connectivity index (χ3n) is 3.77. The molecule has 0 spiro atoms. The summed E-state index contributed by atoms with van der Waals surface area (Å²) in [4.78, 5) is 23.0. The number of hydrogen-bond donors (Lipinski definition) is 3. The Balaban J connectivity index is 2.19. The van der Waals surface area contributed by atoms with Gasteiger partial charge in [-0.05, 0) is 31.0 Å². The lowest BCUT2D eigenvalue weighted by Crippen LogP contribution is -2.42. The van der Waals surface area contributed by atoms with Crippen molar-refractivity contribution in [2.75, 3.05) is 25.1 Å². The molecule has 0 aromatic heterocycles. The van der Waals surface area contributed by atoms with Crippen molar-refractivity contribution in [3.05, 3.63) is 28.2 Å². The molecule has 6 nitrogen and oxygen atoms in total. The van der Waals surface area contributed by atoms with Crippen molar-refractivity contribution >= 4 is 33.5 Å². The van der Waals surface area contributed by atoms with E-state index in [-0.39, 0.29) is 6.54 Å². The van der Waals surface area contributed by atoms with Crippen molar-refractivity contribution in [2.45, 2.75) is 12.8 Å². The number of anilines is 1. The van der Waals surface area contributed by atoms with E-state index in [0.717, 1.165) is 4.47 Å². The fourth-order valence-corrected chi connectivity index (χ4v) is 2.73. The highest BCUT2D eigenvalue weighted by atomic mass is 79.9. The number of rotatable bonds is 5. The summed E-state index contributed by atoms with van der Waals surface area (Å²) in [5.74, 6) is -1.41. The lowest BCUT2D eigenvalue weighted by molar-refractivity contribution is -0.153. The van der Waals surface area contributed by atoms with Gasteiger partial charge in [-0.1, -0.05) is 15.9 Å². The van der Waals surface area contributed by atoms with Gasteiger partial charge >= 0.3 is 5.97 Å². The summed E-state index contributed by atoms with van der Waals surface area (Å²) in [6.07, 6.45) is 0.879. The van der Waals surface area contributed by atoms with Gasteiger partial charge in [0.1, 0.15) is 0 Å². The zero-order chi connectivity index (χ0) is 15.5. The fourth-order valence-electron chi connectivity index (χ4n) is 2.37. The van der Waals surface area contributed by atoms with Gasteiger partial charge in [-0.15, -0.1) is 0 Å². The topological polar surface area (TPSA) is 102 Å². The number of carbonyl (C=O) groups is 2. The molecule has 0 saturated carbocycles. The highest BCUT2D eigenvalue weighted by Crippen LogP contribution is 2.32. The number of nitrogens with one attached hydrogen (secondary N) is 1. The summed E-state index contributed by atoms with van der Waals surface area (Å²) in [7, 11) is 0. The molecule has 1 aliphatic heterocycles. The molecule has 1 fully saturated rings. The van der Waals surface area contributed by atoms with Crippen molar-refractivity contribution in [3.63, 3.8) is 0 Å². The first-order chi connectivity index (χ1) is 9.94. The SMILES string of the molecule is NC(=O)c1ccc(Br)cc1NCC1(C(=O)O)CCOCC1. The maximum atomic E-state index is 11.6. The molecule has 0 bridgehead atoms. The van der Waals surface area contributed by atoms with Crippen LogP contribution in [0.4, 0.5) is 5.69 Å². The third-order valence-corrected chi connectivity index (χ3v) is 4.26. The van der Waals surface area contributed by atoms with E-state index in [0.29, 0.717) is 37.3 Å². The molecule has 0 radical (unpaired) electrons. The second-order valence-corrected chi connectivity index (χ2v) is 6.02. The molecule has 2 rings (SSSR count). The van der Waals surface area contributed by atoms with E-state index in [2.05, 4.69) is 21.2 Å². The number of nitrogens with two attached hydrogens (primary N) is 1. The summed E-state index contributed by atoms with van der Waals surface area (Å²) >= 11 is 3.33. The first kappa shape index (κ1) is 15.8. The van der Waals surface area contributed by atoms with Crippen LogP contribution < -0.4 is 11.1 Å². The summed E-state index contributed by atoms with van der Waals surface area (Å²) in [6, 6.07) is 5.04. The number of carbonyl (C=O) groups excluding carboxylic acids is 1. The van der Waals surface area contributed by atoms with Gasteiger partial charge < -0.3 is 20.9 Å². The number of benzene rings is 1. The van der Waals surface area contributed by atoms with E-state index in [1.54, 1.807) is 18.2 Å². The second-order valence-electron chi connectivity index (χ2n) is 5.11. The van der Waals surface area contributed by atoms with Crippen LogP contribution in [-0.2, 0) is 9.53 Å². The number of carboxylic acids is 1. The quantitative estimate of drug-likeness (QED) is 0.746. The normalized spacial score (nSPS) is 17.2. The molecule has 1 aliphatic rings. The molecular formula is C14H17BrN2O4. The lowest BCUT2D eigenvalue weighted by Gasteiger charge is -2.33. The van der Waals surface area contributed by atoms with E-state index in [1.165, 1.54) is 0 Å². The molecule has 1 heterocycles. The van der Waals surface area contributed by atoms with Gasteiger partial charge in [0.05, 0.1) is 11.0 Å². The number of carboxylic acid groups (broad SMARTS) is 1. The molecule has 21 heavy (non-hydrogen) atoms. The Hall–Kier alpha value is -1.60. The Labute approximate surface area is 130 Å². The van der Waals surface area contributed by atoms with Gasteiger partial charge in [-0.2, -0.15) is 0 Å². The minimum Gasteiger partial charge on any atom is -0.481 e. The molecule has 0 atom stereocenters. The van der Waals surface area contributed by atoms with Gasteiger partial charge in [0.15, 0.2) is 0 Å². The van der Waals surface area contributed by atoms with Crippen molar-refractivity contribution in [1.29, 1.82) is 0 Å². The van der Waals surface area contributed by atoms with E-state index >= 15 is 0 Å². The number of halogens is 1. The zero-order valence-electron chi connectivity index (χ0n) is 11.4. The average molecular weight is 357 g/mol. The molecule has 0 unspecified atom stereocenters. The first-order valence-electron chi connectivity index (χ1n) is 6.59. The van der Waals surface area contributed by atoms with E-state index in [9.17, 15) is 14.7 Å². The predicted molar refractivity (Wildman–Crippen MR) is 81.3 cm³/mol. The second kappa shape index (κ2) is 6.44. The Bertz CT molecular complexity index is 556. The number of hydrogen-bond acceptors (Lipinski definition) is 4. The van der Waals surface area contributed by atoms with Crippen LogP contribution in [-0.4, -0.2) is 36.7 Å². The molecule has 0 aliphatic carbocycles. The monoisotopic (exact) mass is 356 g/mol. The maximum Gasteiger partial charge on any atom is 0.311 e. The molecule has 114 valence electrons. The first-order valence-corrected chi connectivity index (χ1v) is 7.38. The molecule has 7 heteroatoms. The van der Waals surface area contributed by atoms with Crippen LogP contribution in [0.25, 0.3) is 0 Å². The predicted octanol–water partition coefficient (Wildman–Crippen LogP) is 1.84. The van der Waals surface area contributed by atoms with Crippen molar-refractivity contribution < 1.29 is 19.4 Å². The van der Waals surface area contributed by atoms with E-state index in [4.69, 9.17) is 10.5 Å². The van der Waals surface area contributed by atoms with Gasteiger partial charge in [-0.3, -0.25) is 9.59 Å². The Morgan fingerprint density at radius 1 is 1.38 bits per heavy atom. The minimum absolute atomic E-state index is 0.225. The largest absolute Gasteiger partial charge is 0.481 e. The van der Waals surface area contributed by atoms with Gasteiger partial charge in [0.25, 0.3) is 5.91 Å². The molecule has 1 amide bonds. The van der Waals surface area contributed by atoms with Crippen LogP contribution in [0.5, 0.6) is 0 Å². The average Bonchev–Trinajstić information content (AvgIpc) is 2.45. The van der Waals surface area contributed by atoms with Gasteiger partial charge in [0.2, 0.25) is 0 Å². The van der Waals surface area contributed by atoms with Crippen LogP contribution in [0.3, 0.4) is 0 Å². The Morgan fingerprint density at radius 3 is 2.62 bits per heavy atom. The van der Waals surface area contributed by atoms with Crippen molar-refractivity contribution in [1.82, 2.24) is 0 Å². The summed E-state index contributed by atoms with van der Waals surface area (Å²) in [6.45, 7) is 1.08. The van der Waals surface area contributed by atoms with Crippen LogP contribution in [0, 0.1) is 5.41 Å². The molecular weight excluding hydrogens is 340 g/mol. The van der Waals surface area contributed by atoms with Crippen LogP contribution >= 0.6 is 15.9 Å². The minimum atomic E-state index is -0.879. The highest BCUT2D eigenvalue weighted by Gasteiger charge is 2.40. The van der Waals surface area contributed by atoms with Crippen molar-refractivity contribution in [3.8, 4) is 0 Å². The van der Waals surface area contributed by atoms with E-state index in [1.807, 2.05) is 0 Å². The third kappa shape index (κ3) is 3.54. The smallest absolute Gasteiger partial charge is 0.311 e. The fraction of sp³-hybridized carbons (Fsp3) is 0.429. The Morgan fingerprint density at radius 2 is 2.05 bits per heavy atom. The molecule has 1 aromatic rings.